The van der Waals surface area contributed by atoms with Crippen LogP contribution in [-0.2, 0) is 33.8 Å². The van der Waals surface area contributed by atoms with Gasteiger partial charge in [-0.3, -0.25) is 4.79 Å². The molecule has 182 valence electrons. The van der Waals surface area contributed by atoms with Gasteiger partial charge in [0, 0.05) is 12.8 Å². The van der Waals surface area contributed by atoms with E-state index in [0.717, 1.165) is 11.1 Å². The van der Waals surface area contributed by atoms with Crippen LogP contribution in [0.15, 0.2) is 84.9 Å². The Morgan fingerprint density at radius 3 is 2.00 bits per heavy atom. The first-order valence-corrected chi connectivity index (χ1v) is 11.1. The Bertz CT molecular complexity index is 1120. The second kappa shape index (κ2) is 12.8. The molecule has 0 unspecified atom stereocenters. The molecular weight excluding hydrogens is 448 g/mol. The molecule has 0 aromatic heterocycles. The lowest BCUT2D eigenvalue weighted by molar-refractivity contribution is -0.142. The molecule has 3 aromatic rings. The Morgan fingerprint density at radius 1 is 0.771 bits per heavy atom. The van der Waals surface area contributed by atoms with Crippen LogP contribution in [0.4, 0.5) is 4.79 Å². The highest BCUT2D eigenvalue weighted by atomic mass is 16.5. The van der Waals surface area contributed by atoms with Crippen molar-refractivity contribution in [1.82, 2.24) is 10.6 Å². The van der Waals surface area contributed by atoms with Crippen LogP contribution in [0.25, 0.3) is 0 Å². The average Bonchev–Trinajstić information content (AvgIpc) is 2.88. The number of methoxy groups -OCH3 is 1. The van der Waals surface area contributed by atoms with E-state index in [2.05, 4.69) is 10.6 Å². The minimum Gasteiger partial charge on any atom is -0.496 e. The normalized spacial score (nSPS) is 12.1. The van der Waals surface area contributed by atoms with E-state index in [9.17, 15) is 19.5 Å². The van der Waals surface area contributed by atoms with Crippen LogP contribution in [0.3, 0.4) is 0 Å². The van der Waals surface area contributed by atoms with Crippen molar-refractivity contribution in [3.8, 4) is 5.75 Å². The van der Waals surface area contributed by atoms with Crippen LogP contribution in [0.5, 0.6) is 5.75 Å². The number of hydrogen-bond donors (Lipinski definition) is 3. The highest BCUT2D eigenvalue weighted by Crippen LogP contribution is 2.19. The molecule has 0 aliphatic rings. The highest BCUT2D eigenvalue weighted by molar-refractivity contribution is 5.89. The molecule has 3 N–H and O–H groups in total. The number of carboxylic acids is 1. The molecule has 0 aliphatic carbocycles. The fraction of sp³-hybridized carbons (Fsp3) is 0.222. The minimum atomic E-state index is -1.22. The molecule has 3 aromatic carbocycles. The largest absolute Gasteiger partial charge is 0.496 e. The Morgan fingerprint density at radius 2 is 1.37 bits per heavy atom. The molecule has 0 fully saturated rings. The van der Waals surface area contributed by atoms with E-state index in [0.29, 0.717) is 11.3 Å². The molecule has 0 spiro atoms. The van der Waals surface area contributed by atoms with Gasteiger partial charge in [-0.1, -0.05) is 78.9 Å². The molecule has 35 heavy (non-hydrogen) atoms. The molecule has 8 nitrogen and oxygen atoms in total. The van der Waals surface area contributed by atoms with Crippen molar-refractivity contribution in [2.24, 2.45) is 0 Å². The summed E-state index contributed by atoms with van der Waals surface area (Å²) in [5.41, 5.74) is 2.24. The van der Waals surface area contributed by atoms with Gasteiger partial charge in [-0.05, 0) is 22.8 Å². The van der Waals surface area contributed by atoms with Crippen molar-refractivity contribution >= 4 is 18.0 Å². The summed E-state index contributed by atoms with van der Waals surface area (Å²) in [5, 5.41) is 14.9. The summed E-state index contributed by atoms with van der Waals surface area (Å²) < 4.78 is 10.6. The number of carboxylic acid groups (broad SMARTS) is 1. The number of carbonyl (C=O) groups excluding carboxylic acids is 2. The maximum Gasteiger partial charge on any atom is 0.408 e. The van der Waals surface area contributed by atoms with E-state index in [1.165, 1.54) is 7.11 Å². The second-order valence-electron chi connectivity index (χ2n) is 7.86. The van der Waals surface area contributed by atoms with Crippen LogP contribution >= 0.6 is 0 Å². The smallest absolute Gasteiger partial charge is 0.408 e. The van der Waals surface area contributed by atoms with Crippen molar-refractivity contribution in [2.45, 2.75) is 31.5 Å². The molecule has 3 rings (SSSR count). The van der Waals surface area contributed by atoms with Crippen molar-refractivity contribution in [3.63, 3.8) is 0 Å². The van der Waals surface area contributed by atoms with E-state index >= 15 is 0 Å². The molecule has 8 heteroatoms. The van der Waals surface area contributed by atoms with Crippen LogP contribution in [-0.4, -0.2) is 42.3 Å². The Labute approximate surface area is 203 Å². The van der Waals surface area contributed by atoms with Crippen LogP contribution < -0.4 is 15.4 Å². The summed E-state index contributed by atoms with van der Waals surface area (Å²) in [6.07, 6.45) is -0.600. The van der Waals surface area contributed by atoms with Gasteiger partial charge in [0.15, 0.2) is 0 Å². The average molecular weight is 477 g/mol. The predicted octanol–water partition coefficient (Wildman–Crippen LogP) is 3.34. The Balaban J connectivity index is 1.71. The molecule has 0 saturated carbocycles. The van der Waals surface area contributed by atoms with Gasteiger partial charge in [0.1, 0.15) is 24.4 Å². The number of alkyl carbamates (subject to hydrolysis) is 1. The maximum absolute atomic E-state index is 13.1. The van der Waals surface area contributed by atoms with Gasteiger partial charge in [-0.2, -0.15) is 0 Å². The summed E-state index contributed by atoms with van der Waals surface area (Å²) in [7, 11) is 1.49. The number of amides is 2. The topological polar surface area (TPSA) is 114 Å². The fourth-order valence-electron chi connectivity index (χ4n) is 3.53. The van der Waals surface area contributed by atoms with Gasteiger partial charge < -0.3 is 25.2 Å². The van der Waals surface area contributed by atoms with E-state index in [1.807, 2.05) is 60.7 Å². The second-order valence-corrected chi connectivity index (χ2v) is 7.86. The van der Waals surface area contributed by atoms with Gasteiger partial charge in [0.25, 0.3) is 0 Å². The van der Waals surface area contributed by atoms with Crippen molar-refractivity contribution < 1.29 is 29.0 Å². The zero-order valence-electron chi connectivity index (χ0n) is 19.3. The van der Waals surface area contributed by atoms with Crippen molar-refractivity contribution in [1.29, 1.82) is 0 Å². The third kappa shape index (κ3) is 7.89. The number of rotatable bonds is 11. The first-order valence-electron chi connectivity index (χ1n) is 11.1. The Kier molecular flexibility index (Phi) is 9.24. The lowest BCUT2D eigenvalue weighted by atomic mass is 10.0. The van der Waals surface area contributed by atoms with E-state index in [4.69, 9.17) is 9.47 Å². The highest BCUT2D eigenvalue weighted by Gasteiger charge is 2.28. The quantitative estimate of drug-likeness (QED) is 0.391. The van der Waals surface area contributed by atoms with Gasteiger partial charge in [0.05, 0.1) is 7.11 Å². The summed E-state index contributed by atoms with van der Waals surface area (Å²) in [6.45, 7) is 0.0396. The number of aliphatic carboxylic acids is 1. The van der Waals surface area contributed by atoms with Crippen molar-refractivity contribution in [3.05, 3.63) is 102 Å². The summed E-state index contributed by atoms with van der Waals surface area (Å²) in [6, 6.07) is 23.0. The molecular formula is C27H28N2O6. The van der Waals surface area contributed by atoms with Gasteiger partial charge in [-0.15, -0.1) is 0 Å². The summed E-state index contributed by atoms with van der Waals surface area (Å²) in [4.78, 5) is 37.5. The number of ether oxygens (including phenoxy) is 2. The first kappa shape index (κ1) is 25.3. The Hall–Kier alpha value is -4.33. The lowest BCUT2D eigenvalue weighted by Gasteiger charge is -2.22. The van der Waals surface area contributed by atoms with Gasteiger partial charge in [0.2, 0.25) is 5.91 Å². The zero-order chi connectivity index (χ0) is 25.0. The molecule has 0 saturated heterocycles. The summed E-state index contributed by atoms with van der Waals surface area (Å²) in [5.74, 6) is -1.31. The van der Waals surface area contributed by atoms with Crippen molar-refractivity contribution in [2.75, 3.05) is 7.11 Å². The third-order valence-electron chi connectivity index (χ3n) is 5.34. The maximum atomic E-state index is 13.1. The number of benzene rings is 3. The molecule has 0 bridgehead atoms. The molecule has 2 amide bonds. The number of hydrogen-bond acceptors (Lipinski definition) is 5. The predicted molar refractivity (Wildman–Crippen MR) is 130 cm³/mol. The first-order chi connectivity index (χ1) is 17.0. The van der Waals surface area contributed by atoms with E-state index in [-0.39, 0.29) is 19.4 Å². The lowest BCUT2D eigenvalue weighted by Crippen LogP contribution is -2.53. The molecule has 0 aliphatic heterocycles. The zero-order valence-corrected chi connectivity index (χ0v) is 19.3. The third-order valence-corrected chi connectivity index (χ3v) is 5.34. The van der Waals surface area contributed by atoms with Gasteiger partial charge in [-0.25, -0.2) is 9.59 Å². The van der Waals surface area contributed by atoms with Gasteiger partial charge >= 0.3 is 12.1 Å². The molecule has 0 heterocycles. The molecule has 2 atom stereocenters. The monoisotopic (exact) mass is 476 g/mol. The van der Waals surface area contributed by atoms with E-state index in [1.54, 1.807) is 24.3 Å². The number of nitrogens with one attached hydrogen (secondary N) is 2. The number of para-hydroxylation sites is 1. The molecule has 0 radical (unpaired) electrons. The summed E-state index contributed by atoms with van der Waals surface area (Å²) >= 11 is 0. The fourth-order valence-corrected chi connectivity index (χ4v) is 3.53. The number of carbonyl (C=O) groups is 3. The van der Waals surface area contributed by atoms with Crippen LogP contribution in [0.1, 0.15) is 16.7 Å². The van der Waals surface area contributed by atoms with E-state index < -0.39 is 30.1 Å². The van der Waals surface area contributed by atoms with Crippen LogP contribution in [0, 0.1) is 0 Å². The van der Waals surface area contributed by atoms with Crippen LogP contribution in [0.2, 0.25) is 0 Å². The standard InChI is InChI=1S/C27H28N2O6/c1-34-24-15-9-8-14-21(24)17-23(26(31)32)28-25(30)22(16-19-10-4-2-5-11-19)29-27(33)35-18-20-12-6-3-7-13-20/h2-15,22-23H,16-18H2,1H3,(H,28,30)(H,29,33)(H,31,32)/t22-,23-/m1/s1. The SMILES string of the molecule is COc1ccccc1C[C@@H](NC(=O)[C@@H](Cc1ccccc1)NC(=O)OCc1ccccc1)C(=O)O. The minimum absolute atomic E-state index is 0.0155.